The van der Waals surface area contributed by atoms with Gasteiger partial charge in [-0.3, -0.25) is 4.79 Å². The smallest absolute Gasteiger partial charge is 0.252 e. The molecule has 182 valence electrons. The third-order valence-electron chi connectivity index (χ3n) is 7.21. The molecule has 0 aromatic heterocycles. The first-order chi connectivity index (χ1) is 17.4. The van der Waals surface area contributed by atoms with Crippen molar-refractivity contribution in [1.82, 2.24) is 9.62 Å². The number of sulfonamides is 1. The standard InChI is InChI=1S/C25H28F2N2O4S/c1-16-4-2-5-17(12-16)19-7-3-6-18(22(19)27)13-20-23(28-34(31,32)15-26)25(9-10-25)14-29(20)24(30)21-8-11-33-21/h2-7,12,20-21,23,28H,8-11,13-15H2,1H3/t20-,21+,23+/m0/s1/i1D3. The van der Waals surface area contributed by atoms with Gasteiger partial charge in [-0.2, -0.15) is 0 Å². The van der Waals surface area contributed by atoms with Gasteiger partial charge in [0.2, 0.25) is 16.0 Å². The molecule has 1 spiro atoms. The van der Waals surface area contributed by atoms with E-state index in [2.05, 4.69) is 4.72 Å². The van der Waals surface area contributed by atoms with Crippen LogP contribution >= 0.6 is 0 Å². The highest BCUT2D eigenvalue weighted by Gasteiger charge is 2.62. The van der Waals surface area contributed by atoms with Crippen molar-refractivity contribution in [1.29, 1.82) is 0 Å². The Morgan fingerprint density at radius 3 is 2.71 bits per heavy atom. The van der Waals surface area contributed by atoms with E-state index >= 15 is 4.39 Å². The third-order valence-corrected chi connectivity index (χ3v) is 8.11. The van der Waals surface area contributed by atoms with Crippen molar-refractivity contribution >= 4 is 15.9 Å². The summed E-state index contributed by atoms with van der Waals surface area (Å²) in [5, 5.41) is 0. The van der Waals surface area contributed by atoms with Crippen molar-refractivity contribution in [2.24, 2.45) is 5.41 Å². The molecule has 34 heavy (non-hydrogen) atoms. The van der Waals surface area contributed by atoms with Crippen LogP contribution in [0.25, 0.3) is 11.1 Å². The average Bonchev–Trinajstić information content (AvgIpc) is 3.54. The molecule has 1 N–H and O–H groups in total. The van der Waals surface area contributed by atoms with Gasteiger partial charge in [0.25, 0.3) is 5.91 Å². The molecule has 3 fully saturated rings. The molecule has 5 rings (SSSR count). The number of aryl methyl sites for hydroxylation is 1. The summed E-state index contributed by atoms with van der Waals surface area (Å²) < 4.78 is 84.4. The maximum Gasteiger partial charge on any atom is 0.252 e. The fraction of sp³-hybridized carbons (Fsp3) is 0.480. The summed E-state index contributed by atoms with van der Waals surface area (Å²) in [6.45, 7) is -1.60. The van der Waals surface area contributed by atoms with Gasteiger partial charge in [-0.25, -0.2) is 21.9 Å². The van der Waals surface area contributed by atoms with Crippen LogP contribution in [-0.2, 0) is 26.0 Å². The van der Waals surface area contributed by atoms with E-state index in [1.807, 2.05) is 0 Å². The molecule has 1 aliphatic carbocycles. The summed E-state index contributed by atoms with van der Waals surface area (Å²) in [5.74, 6) is -0.854. The van der Waals surface area contributed by atoms with Gasteiger partial charge in [-0.1, -0.05) is 48.0 Å². The first kappa shape index (κ1) is 19.9. The minimum absolute atomic E-state index is 0.00167. The fourth-order valence-corrected chi connectivity index (χ4v) is 6.02. The van der Waals surface area contributed by atoms with Crippen LogP contribution in [0.5, 0.6) is 0 Å². The number of rotatable bonds is 7. The van der Waals surface area contributed by atoms with E-state index in [0.29, 0.717) is 31.4 Å². The maximum atomic E-state index is 15.9. The number of hydrogen-bond donors (Lipinski definition) is 1. The minimum Gasteiger partial charge on any atom is -0.368 e. The third kappa shape index (κ3) is 4.25. The molecule has 1 saturated carbocycles. The number of nitrogens with zero attached hydrogens (tertiary/aromatic N) is 1. The normalized spacial score (nSPS) is 27.1. The minimum atomic E-state index is -4.23. The Bertz CT molecular complexity index is 1310. The lowest BCUT2D eigenvalue weighted by atomic mass is 9.91. The van der Waals surface area contributed by atoms with Crippen molar-refractivity contribution < 1.29 is 30.8 Å². The monoisotopic (exact) mass is 493 g/mol. The lowest BCUT2D eigenvalue weighted by molar-refractivity contribution is -0.157. The Labute approximate surface area is 202 Å². The number of likely N-dealkylation sites (tertiary alicyclic amines) is 1. The van der Waals surface area contributed by atoms with Crippen LogP contribution < -0.4 is 4.72 Å². The SMILES string of the molecule is [2H]C([2H])([2H])c1cccc(-c2cccc(C[C@H]3[C@@H](NS(=O)(=O)CF)C4(CC4)CN3C(=O)[C@H]3CCO3)c2F)c1. The Kier molecular flexibility index (Phi) is 5.09. The summed E-state index contributed by atoms with van der Waals surface area (Å²) in [5.41, 5.74) is 0.400. The topological polar surface area (TPSA) is 75.7 Å². The molecule has 2 aromatic rings. The number of ether oxygens (including phenoxy) is 1. The number of halogens is 2. The van der Waals surface area contributed by atoms with Gasteiger partial charge in [0.1, 0.15) is 11.9 Å². The van der Waals surface area contributed by atoms with Gasteiger partial charge in [0.15, 0.2) is 0 Å². The van der Waals surface area contributed by atoms with E-state index in [1.54, 1.807) is 35.2 Å². The Balaban J connectivity index is 1.51. The van der Waals surface area contributed by atoms with Crippen LogP contribution in [0.15, 0.2) is 42.5 Å². The van der Waals surface area contributed by atoms with Gasteiger partial charge in [-0.15, -0.1) is 0 Å². The largest absolute Gasteiger partial charge is 0.368 e. The van der Waals surface area contributed by atoms with Gasteiger partial charge in [0.05, 0.1) is 12.6 Å². The molecule has 3 atom stereocenters. The first-order valence-corrected chi connectivity index (χ1v) is 13.0. The zero-order chi connectivity index (χ0) is 26.6. The zero-order valence-corrected chi connectivity index (χ0v) is 19.3. The van der Waals surface area contributed by atoms with Crippen LogP contribution in [-0.4, -0.2) is 56.6 Å². The summed E-state index contributed by atoms with van der Waals surface area (Å²) >= 11 is 0. The summed E-state index contributed by atoms with van der Waals surface area (Å²) in [4.78, 5) is 14.8. The molecule has 2 aromatic carbocycles. The number of nitrogens with one attached hydrogen (secondary N) is 1. The molecule has 2 heterocycles. The molecular formula is C25H28F2N2O4S. The van der Waals surface area contributed by atoms with Crippen LogP contribution in [0.2, 0.25) is 0 Å². The second-order valence-electron chi connectivity index (χ2n) is 9.43. The summed E-state index contributed by atoms with van der Waals surface area (Å²) in [6, 6.07) is 7.71. The molecule has 0 unspecified atom stereocenters. The van der Waals surface area contributed by atoms with E-state index in [0.717, 1.165) is 0 Å². The number of carbonyl (C=O) groups is 1. The molecule has 3 aliphatic rings. The highest BCUT2D eigenvalue weighted by atomic mass is 32.2. The van der Waals surface area contributed by atoms with Gasteiger partial charge >= 0.3 is 0 Å². The van der Waals surface area contributed by atoms with E-state index in [4.69, 9.17) is 8.85 Å². The van der Waals surface area contributed by atoms with E-state index in [-0.39, 0.29) is 35.6 Å². The van der Waals surface area contributed by atoms with Crippen molar-refractivity contribution in [3.8, 4) is 11.1 Å². The Hall–Kier alpha value is -2.36. The zero-order valence-electron chi connectivity index (χ0n) is 21.5. The van der Waals surface area contributed by atoms with E-state index in [1.165, 1.54) is 12.1 Å². The maximum absolute atomic E-state index is 15.9. The van der Waals surface area contributed by atoms with Crippen molar-refractivity contribution in [3.05, 3.63) is 59.4 Å². The van der Waals surface area contributed by atoms with Crippen LogP contribution in [0.4, 0.5) is 8.78 Å². The molecular weight excluding hydrogens is 462 g/mol. The molecule has 0 bridgehead atoms. The van der Waals surface area contributed by atoms with Crippen LogP contribution in [0, 0.1) is 18.1 Å². The van der Waals surface area contributed by atoms with Gasteiger partial charge in [-0.05, 0) is 37.2 Å². The van der Waals surface area contributed by atoms with E-state index < -0.39 is 52.3 Å². The molecule has 2 saturated heterocycles. The van der Waals surface area contributed by atoms with Crippen molar-refractivity contribution in [2.75, 3.05) is 19.2 Å². The number of hydrogen-bond acceptors (Lipinski definition) is 4. The van der Waals surface area contributed by atoms with Gasteiger partial charge < -0.3 is 9.64 Å². The molecule has 1 amide bonds. The predicted octanol–water partition coefficient (Wildman–Crippen LogP) is 3.34. The number of alkyl halides is 1. The Morgan fingerprint density at radius 2 is 2.06 bits per heavy atom. The number of carbonyl (C=O) groups excluding carboxylic acids is 1. The first-order valence-electron chi connectivity index (χ1n) is 12.8. The lowest BCUT2D eigenvalue weighted by Crippen LogP contribution is -2.53. The quantitative estimate of drug-likeness (QED) is 0.642. The molecule has 6 nitrogen and oxygen atoms in total. The van der Waals surface area contributed by atoms with Crippen molar-refractivity contribution in [3.63, 3.8) is 0 Å². The molecule has 2 aliphatic heterocycles. The van der Waals surface area contributed by atoms with Crippen molar-refractivity contribution in [2.45, 2.75) is 50.7 Å². The predicted molar refractivity (Wildman–Crippen MR) is 124 cm³/mol. The molecule has 9 heteroatoms. The number of benzene rings is 2. The van der Waals surface area contributed by atoms with Crippen LogP contribution in [0.3, 0.4) is 0 Å². The molecule has 0 radical (unpaired) electrons. The summed E-state index contributed by atoms with van der Waals surface area (Å²) in [6.07, 6.45) is 1.28. The summed E-state index contributed by atoms with van der Waals surface area (Å²) in [7, 11) is -4.23. The van der Waals surface area contributed by atoms with Crippen LogP contribution in [0.1, 0.15) is 34.5 Å². The highest BCUT2D eigenvalue weighted by molar-refractivity contribution is 7.89. The Morgan fingerprint density at radius 1 is 1.29 bits per heavy atom. The van der Waals surface area contributed by atoms with Gasteiger partial charge in [0, 0.05) is 34.1 Å². The lowest BCUT2D eigenvalue weighted by Gasteiger charge is -2.34. The fourth-order valence-electron chi connectivity index (χ4n) is 5.16. The highest BCUT2D eigenvalue weighted by Crippen LogP contribution is 2.56. The number of amides is 1. The average molecular weight is 494 g/mol. The van der Waals surface area contributed by atoms with E-state index in [9.17, 15) is 17.6 Å². The second kappa shape index (κ2) is 8.70. The second-order valence-corrected chi connectivity index (χ2v) is 11.1.